The maximum Gasteiger partial charge on any atom is 0.136 e. The third-order valence-electron chi connectivity index (χ3n) is 4.65. The highest BCUT2D eigenvalue weighted by Crippen LogP contribution is 2.39. The fraction of sp³-hybridized carbons (Fsp3) is 0.562. The number of hydrogen-bond acceptors (Lipinski definition) is 2. The monoisotopic (exact) mass is 261 g/mol. The van der Waals surface area contributed by atoms with Gasteiger partial charge in [-0.3, -0.25) is 9.69 Å². The fourth-order valence-corrected chi connectivity index (χ4v) is 3.82. The van der Waals surface area contributed by atoms with Gasteiger partial charge in [0, 0.05) is 36.5 Å². The Morgan fingerprint density at radius 1 is 1.21 bits per heavy atom. The highest BCUT2D eigenvalue weighted by molar-refractivity contribution is 5.80. The van der Waals surface area contributed by atoms with Crippen LogP contribution in [0.15, 0.2) is 24.3 Å². The summed E-state index contributed by atoms with van der Waals surface area (Å²) in [6, 6.07) is 7.70. The lowest BCUT2D eigenvalue weighted by atomic mass is 9.82. The van der Waals surface area contributed by atoms with Gasteiger partial charge in [-0.05, 0) is 25.8 Å². The second kappa shape index (κ2) is 5.04. The number of carbonyl (C=O) groups excluding carboxylic acids is 1. The molecule has 2 nitrogen and oxygen atoms in total. The molecule has 0 spiro atoms. The molecule has 3 unspecified atom stereocenters. The minimum Gasteiger partial charge on any atom is -0.300 e. The number of hydrogen-bond donors (Lipinski definition) is 0. The first-order valence-electron chi connectivity index (χ1n) is 7.20. The van der Waals surface area contributed by atoms with E-state index in [1.807, 2.05) is 12.1 Å². The van der Waals surface area contributed by atoms with Gasteiger partial charge in [0.2, 0.25) is 0 Å². The molecule has 0 aliphatic carbocycles. The van der Waals surface area contributed by atoms with Crippen LogP contribution in [0.25, 0.3) is 0 Å². The van der Waals surface area contributed by atoms with Crippen molar-refractivity contribution in [3.63, 3.8) is 0 Å². The van der Waals surface area contributed by atoms with E-state index < -0.39 is 0 Å². The Bertz CT molecular complexity index is 471. The van der Waals surface area contributed by atoms with Crippen LogP contribution in [-0.2, 0) is 4.79 Å². The molecule has 2 aliphatic heterocycles. The van der Waals surface area contributed by atoms with Crippen molar-refractivity contribution in [1.82, 2.24) is 4.90 Å². The lowest BCUT2D eigenvalue weighted by molar-refractivity contribution is -0.128. The van der Waals surface area contributed by atoms with Crippen LogP contribution in [0.3, 0.4) is 0 Å². The molecule has 0 N–H and O–H groups in total. The predicted molar refractivity (Wildman–Crippen MR) is 72.3 cm³/mol. The first kappa shape index (κ1) is 12.8. The molecule has 0 saturated carbocycles. The molecule has 0 aromatic heterocycles. The average Bonchev–Trinajstić information content (AvgIpc) is 2.37. The Morgan fingerprint density at radius 2 is 1.84 bits per heavy atom. The van der Waals surface area contributed by atoms with Crippen LogP contribution < -0.4 is 0 Å². The SMILES string of the molecule is CC(c1ccccc1F)N1C2CCCC1CC(=O)C2. The van der Waals surface area contributed by atoms with Crippen molar-refractivity contribution in [2.45, 2.75) is 57.2 Å². The summed E-state index contributed by atoms with van der Waals surface area (Å²) in [4.78, 5) is 14.1. The van der Waals surface area contributed by atoms with E-state index in [9.17, 15) is 9.18 Å². The number of ketones is 1. The maximum atomic E-state index is 14.0. The van der Waals surface area contributed by atoms with Crippen molar-refractivity contribution in [2.24, 2.45) is 0 Å². The molecule has 0 radical (unpaired) electrons. The summed E-state index contributed by atoms with van der Waals surface area (Å²) in [5.74, 6) is 0.247. The minimum atomic E-state index is -0.134. The molecule has 2 saturated heterocycles. The molecule has 19 heavy (non-hydrogen) atoms. The van der Waals surface area contributed by atoms with Crippen molar-refractivity contribution < 1.29 is 9.18 Å². The van der Waals surface area contributed by atoms with Crippen molar-refractivity contribution in [2.75, 3.05) is 0 Å². The van der Waals surface area contributed by atoms with Gasteiger partial charge in [0.05, 0.1) is 0 Å². The number of halogens is 1. The summed E-state index contributed by atoms with van der Waals surface area (Å²) < 4.78 is 14.0. The molecular formula is C16H20FNO. The normalized spacial score (nSPS) is 29.3. The highest BCUT2D eigenvalue weighted by atomic mass is 19.1. The number of carbonyl (C=O) groups is 1. The number of fused-ring (bicyclic) bond motifs is 2. The second-order valence-corrected chi connectivity index (χ2v) is 5.83. The number of rotatable bonds is 2. The van der Waals surface area contributed by atoms with E-state index in [1.54, 1.807) is 6.07 Å². The maximum absolute atomic E-state index is 14.0. The zero-order chi connectivity index (χ0) is 13.4. The number of Topliss-reactive ketones (excluding diaryl/α,β-unsaturated/α-hetero) is 1. The van der Waals surface area contributed by atoms with Crippen molar-refractivity contribution in [3.8, 4) is 0 Å². The standard InChI is InChI=1S/C16H20FNO/c1-11(15-7-2-3-8-16(15)17)18-12-5-4-6-13(18)10-14(19)9-12/h2-3,7-8,11-13H,4-6,9-10H2,1H3. The zero-order valence-electron chi connectivity index (χ0n) is 11.3. The van der Waals surface area contributed by atoms with Crippen LogP contribution in [0, 0.1) is 5.82 Å². The highest BCUT2D eigenvalue weighted by Gasteiger charge is 2.40. The molecule has 0 amide bonds. The van der Waals surface area contributed by atoms with Crippen LogP contribution in [0.5, 0.6) is 0 Å². The van der Waals surface area contributed by atoms with Crippen LogP contribution in [0.2, 0.25) is 0 Å². The second-order valence-electron chi connectivity index (χ2n) is 5.83. The summed E-state index contributed by atoms with van der Waals surface area (Å²) in [6.45, 7) is 2.07. The number of piperidine rings is 2. The Labute approximate surface area is 113 Å². The molecule has 2 aliphatic rings. The number of benzene rings is 1. The fourth-order valence-electron chi connectivity index (χ4n) is 3.82. The average molecular weight is 261 g/mol. The van der Waals surface area contributed by atoms with Gasteiger partial charge in [-0.15, -0.1) is 0 Å². The third kappa shape index (κ3) is 2.32. The summed E-state index contributed by atoms with van der Waals surface area (Å²) in [6.07, 6.45) is 4.63. The molecule has 2 heterocycles. The van der Waals surface area contributed by atoms with Crippen LogP contribution >= 0.6 is 0 Å². The largest absolute Gasteiger partial charge is 0.300 e. The van der Waals surface area contributed by atoms with E-state index in [-0.39, 0.29) is 11.9 Å². The van der Waals surface area contributed by atoms with Gasteiger partial charge >= 0.3 is 0 Å². The molecule has 1 aromatic carbocycles. The first-order valence-corrected chi connectivity index (χ1v) is 7.20. The van der Waals surface area contributed by atoms with E-state index in [2.05, 4.69) is 11.8 Å². The lowest BCUT2D eigenvalue weighted by Gasteiger charge is -2.48. The Kier molecular flexibility index (Phi) is 3.40. The van der Waals surface area contributed by atoms with Crippen LogP contribution in [-0.4, -0.2) is 22.8 Å². The third-order valence-corrected chi connectivity index (χ3v) is 4.65. The Morgan fingerprint density at radius 3 is 2.47 bits per heavy atom. The zero-order valence-corrected chi connectivity index (χ0v) is 11.3. The van der Waals surface area contributed by atoms with Crippen LogP contribution in [0.4, 0.5) is 4.39 Å². The summed E-state index contributed by atoms with van der Waals surface area (Å²) in [5.41, 5.74) is 0.758. The van der Waals surface area contributed by atoms with Gasteiger partial charge in [0.25, 0.3) is 0 Å². The van der Waals surface area contributed by atoms with Gasteiger partial charge in [-0.25, -0.2) is 4.39 Å². The van der Waals surface area contributed by atoms with E-state index in [0.29, 0.717) is 30.7 Å². The van der Waals surface area contributed by atoms with Gasteiger partial charge in [0.15, 0.2) is 0 Å². The van der Waals surface area contributed by atoms with E-state index in [1.165, 1.54) is 12.5 Å². The molecule has 1 aromatic rings. The van der Waals surface area contributed by atoms with Crippen molar-refractivity contribution in [1.29, 1.82) is 0 Å². The molecule has 2 bridgehead atoms. The molecule has 102 valence electrons. The molecular weight excluding hydrogens is 241 g/mol. The van der Waals surface area contributed by atoms with Gasteiger partial charge in [-0.2, -0.15) is 0 Å². The summed E-state index contributed by atoms with van der Waals surface area (Å²) >= 11 is 0. The summed E-state index contributed by atoms with van der Waals surface area (Å²) in [5, 5.41) is 0. The quantitative estimate of drug-likeness (QED) is 0.812. The first-order chi connectivity index (χ1) is 9.16. The van der Waals surface area contributed by atoms with Gasteiger partial charge < -0.3 is 0 Å². The Balaban J connectivity index is 1.89. The summed E-state index contributed by atoms with van der Waals surface area (Å²) in [7, 11) is 0. The van der Waals surface area contributed by atoms with Crippen molar-refractivity contribution >= 4 is 5.78 Å². The molecule has 2 fully saturated rings. The van der Waals surface area contributed by atoms with Gasteiger partial charge in [-0.1, -0.05) is 24.6 Å². The molecule has 3 heteroatoms. The van der Waals surface area contributed by atoms with E-state index >= 15 is 0 Å². The van der Waals surface area contributed by atoms with Crippen LogP contribution in [0.1, 0.15) is 50.6 Å². The Hall–Kier alpha value is -1.22. The topological polar surface area (TPSA) is 20.3 Å². The minimum absolute atomic E-state index is 0.0598. The van der Waals surface area contributed by atoms with E-state index in [4.69, 9.17) is 0 Å². The molecule has 3 rings (SSSR count). The lowest BCUT2D eigenvalue weighted by Crippen LogP contribution is -2.53. The van der Waals surface area contributed by atoms with Gasteiger partial charge in [0.1, 0.15) is 11.6 Å². The smallest absolute Gasteiger partial charge is 0.136 e. The predicted octanol–water partition coefficient (Wildman–Crippen LogP) is 3.47. The molecule has 3 atom stereocenters. The number of nitrogens with zero attached hydrogens (tertiary/aromatic N) is 1. The van der Waals surface area contributed by atoms with E-state index in [0.717, 1.165) is 18.4 Å². The van der Waals surface area contributed by atoms with Crippen molar-refractivity contribution in [3.05, 3.63) is 35.6 Å².